The second kappa shape index (κ2) is 7.86. The Balaban J connectivity index is 2.59. The lowest BCUT2D eigenvalue weighted by Gasteiger charge is -2.19. The number of hydrogen-bond donors (Lipinski definition) is 2. The van der Waals surface area contributed by atoms with Crippen LogP contribution < -0.4 is 10.6 Å². The van der Waals surface area contributed by atoms with Gasteiger partial charge in [0, 0.05) is 38.9 Å². The zero-order valence-electron chi connectivity index (χ0n) is 11.6. The quantitative estimate of drug-likeness (QED) is 0.867. The monoisotopic (exact) mass is 336 g/mol. The molecule has 0 radical (unpaired) electrons. The highest BCUT2D eigenvalue weighted by Gasteiger charge is 2.14. The fourth-order valence-electron chi connectivity index (χ4n) is 1.79. The molecule has 0 aliphatic rings. The first-order chi connectivity index (χ1) is 9.29. The number of halogens is 2. The molecule has 3 atom stereocenters. The van der Waals surface area contributed by atoms with E-state index < -0.39 is 10.8 Å². The normalized spacial score (nSPS) is 15.2. The topological polar surface area (TPSA) is 58.2 Å². The minimum Gasteiger partial charge on any atom is -0.335 e. The van der Waals surface area contributed by atoms with Crippen molar-refractivity contribution in [2.24, 2.45) is 0 Å². The second-order valence-electron chi connectivity index (χ2n) is 4.65. The van der Waals surface area contributed by atoms with Crippen molar-refractivity contribution in [1.82, 2.24) is 10.6 Å². The van der Waals surface area contributed by atoms with Crippen molar-refractivity contribution in [3.63, 3.8) is 0 Å². The van der Waals surface area contributed by atoms with Crippen LogP contribution in [-0.4, -0.2) is 28.3 Å². The molecule has 0 aliphatic heterocycles. The lowest BCUT2D eigenvalue weighted by molar-refractivity contribution is 0.235. The number of carbonyl (C=O) groups is 1. The number of carbonyl (C=O) groups excluding carboxylic acids is 1. The smallest absolute Gasteiger partial charge is 0.315 e. The van der Waals surface area contributed by atoms with Gasteiger partial charge in [-0.15, -0.1) is 0 Å². The highest BCUT2D eigenvalue weighted by atomic mass is 35.5. The van der Waals surface area contributed by atoms with Gasteiger partial charge >= 0.3 is 6.03 Å². The van der Waals surface area contributed by atoms with Gasteiger partial charge in [-0.05, 0) is 31.5 Å². The molecule has 2 N–H and O–H groups in total. The van der Waals surface area contributed by atoms with Crippen molar-refractivity contribution in [3.8, 4) is 0 Å². The lowest BCUT2D eigenvalue weighted by Crippen LogP contribution is -2.43. The predicted octanol–water partition coefficient (Wildman–Crippen LogP) is 3.12. The van der Waals surface area contributed by atoms with Crippen molar-refractivity contribution >= 4 is 40.0 Å². The van der Waals surface area contributed by atoms with E-state index in [1.807, 2.05) is 6.92 Å². The van der Waals surface area contributed by atoms with Gasteiger partial charge in [0.05, 0.1) is 6.04 Å². The fourth-order valence-corrected chi connectivity index (χ4v) is 3.15. The van der Waals surface area contributed by atoms with Gasteiger partial charge in [-0.3, -0.25) is 4.21 Å². The largest absolute Gasteiger partial charge is 0.335 e. The molecule has 0 aromatic heterocycles. The maximum atomic E-state index is 11.8. The Bertz CT molecular complexity index is 511. The molecule has 112 valence electrons. The van der Waals surface area contributed by atoms with E-state index in [0.717, 1.165) is 5.56 Å². The van der Waals surface area contributed by atoms with Crippen LogP contribution in [0.1, 0.15) is 25.5 Å². The molecule has 0 saturated heterocycles. The molecule has 0 bridgehead atoms. The highest BCUT2D eigenvalue weighted by molar-refractivity contribution is 7.84. The molecule has 0 fully saturated rings. The summed E-state index contributed by atoms with van der Waals surface area (Å²) in [7, 11) is -0.945. The van der Waals surface area contributed by atoms with Crippen LogP contribution >= 0.6 is 23.2 Å². The average molecular weight is 337 g/mol. The van der Waals surface area contributed by atoms with Gasteiger partial charge in [0.15, 0.2) is 0 Å². The maximum Gasteiger partial charge on any atom is 0.315 e. The number of urea groups is 1. The summed E-state index contributed by atoms with van der Waals surface area (Å²) in [6.07, 6.45) is 1.60. The summed E-state index contributed by atoms with van der Waals surface area (Å²) in [4.78, 5) is 11.8. The number of rotatable bonds is 5. The molecule has 20 heavy (non-hydrogen) atoms. The van der Waals surface area contributed by atoms with Crippen LogP contribution in [0, 0.1) is 0 Å². The minimum absolute atomic E-state index is 0.159. The van der Waals surface area contributed by atoms with Crippen LogP contribution in [0.15, 0.2) is 18.2 Å². The van der Waals surface area contributed by atoms with Crippen molar-refractivity contribution in [2.45, 2.75) is 25.9 Å². The molecule has 1 aromatic carbocycles. The van der Waals surface area contributed by atoms with Gasteiger partial charge in [-0.25, -0.2) is 4.79 Å². The van der Waals surface area contributed by atoms with Gasteiger partial charge in [-0.2, -0.15) is 0 Å². The molecule has 0 spiro atoms. The SMILES string of the molecule is CC(CS(C)=O)NC(=O)N[C@@H](C)c1ccc(Cl)cc1Cl. The Kier molecular flexibility index (Phi) is 6.79. The molecule has 1 aromatic rings. The molecule has 2 unspecified atom stereocenters. The summed E-state index contributed by atoms with van der Waals surface area (Å²) in [6.45, 7) is 3.64. The molecule has 4 nitrogen and oxygen atoms in total. The molecule has 0 aliphatic carbocycles. The Morgan fingerprint density at radius 1 is 1.30 bits per heavy atom. The first-order valence-corrected chi connectivity index (χ1v) is 8.60. The van der Waals surface area contributed by atoms with Crippen molar-refractivity contribution in [1.29, 1.82) is 0 Å². The molecule has 0 heterocycles. The molecule has 0 saturated carbocycles. The summed E-state index contributed by atoms with van der Waals surface area (Å²) >= 11 is 11.9. The number of amides is 2. The Hall–Kier alpha value is -0.780. The van der Waals surface area contributed by atoms with Crippen molar-refractivity contribution in [3.05, 3.63) is 33.8 Å². The summed E-state index contributed by atoms with van der Waals surface area (Å²) in [5.74, 6) is 0.420. The highest BCUT2D eigenvalue weighted by Crippen LogP contribution is 2.25. The van der Waals surface area contributed by atoms with E-state index >= 15 is 0 Å². The Labute approximate surface area is 131 Å². The zero-order chi connectivity index (χ0) is 15.3. The molecular formula is C13H18Cl2N2O2S. The number of nitrogens with one attached hydrogen (secondary N) is 2. The van der Waals surface area contributed by atoms with Crippen molar-refractivity contribution < 1.29 is 9.00 Å². The maximum absolute atomic E-state index is 11.8. The van der Waals surface area contributed by atoms with E-state index in [4.69, 9.17) is 23.2 Å². The standard InChI is InChI=1S/C13H18Cl2N2O2S/c1-8(7-20(3)19)16-13(18)17-9(2)11-5-4-10(14)6-12(11)15/h4-6,8-9H,7H2,1-3H3,(H2,16,17,18)/t8?,9-,20?/m0/s1. The third-order valence-electron chi connectivity index (χ3n) is 2.64. The van der Waals surface area contributed by atoms with E-state index in [1.165, 1.54) is 0 Å². The van der Waals surface area contributed by atoms with Crippen LogP contribution in [0.3, 0.4) is 0 Å². The van der Waals surface area contributed by atoms with Crippen LogP contribution in [0.2, 0.25) is 10.0 Å². The third-order valence-corrected chi connectivity index (χ3v) is 4.17. The summed E-state index contributed by atoms with van der Waals surface area (Å²) < 4.78 is 11.1. The lowest BCUT2D eigenvalue weighted by atomic mass is 10.1. The average Bonchev–Trinajstić information content (AvgIpc) is 2.26. The second-order valence-corrected chi connectivity index (χ2v) is 6.97. The summed E-state index contributed by atoms with van der Waals surface area (Å²) in [6, 6.07) is 4.41. The van der Waals surface area contributed by atoms with Crippen LogP contribution in [-0.2, 0) is 10.8 Å². The fraction of sp³-hybridized carbons (Fsp3) is 0.462. The van der Waals surface area contributed by atoms with Gasteiger partial charge < -0.3 is 10.6 Å². The Morgan fingerprint density at radius 2 is 1.95 bits per heavy atom. The van der Waals surface area contributed by atoms with Crippen LogP contribution in [0.4, 0.5) is 4.79 Å². The van der Waals surface area contributed by atoms with E-state index in [1.54, 1.807) is 31.4 Å². The van der Waals surface area contributed by atoms with E-state index in [9.17, 15) is 9.00 Å². The third kappa shape index (κ3) is 5.69. The van der Waals surface area contributed by atoms with Gasteiger partial charge in [-0.1, -0.05) is 29.3 Å². The first kappa shape index (κ1) is 17.3. The molecule has 1 rings (SSSR count). The van der Waals surface area contributed by atoms with Crippen LogP contribution in [0.5, 0.6) is 0 Å². The summed E-state index contributed by atoms with van der Waals surface area (Å²) in [5, 5.41) is 6.57. The molecular weight excluding hydrogens is 319 g/mol. The van der Waals surface area contributed by atoms with Gasteiger partial charge in [0.2, 0.25) is 0 Å². The van der Waals surface area contributed by atoms with E-state index in [2.05, 4.69) is 10.6 Å². The van der Waals surface area contributed by atoms with Gasteiger partial charge in [0.1, 0.15) is 0 Å². The van der Waals surface area contributed by atoms with E-state index in [-0.39, 0.29) is 18.1 Å². The first-order valence-electron chi connectivity index (χ1n) is 6.11. The van der Waals surface area contributed by atoms with Crippen molar-refractivity contribution in [2.75, 3.05) is 12.0 Å². The Morgan fingerprint density at radius 3 is 2.50 bits per heavy atom. The van der Waals surface area contributed by atoms with E-state index in [0.29, 0.717) is 15.8 Å². The summed E-state index contributed by atoms with van der Waals surface area (Å²) in [5.41, 5.74) is 0.790. The van der Waals surface area contributed by atoms with Crippen LogP contribution in [0.25, 0.3) is 0 Å². The molecule has 7 heteroatoms. The predicted molar refractivity (Wildman–Crippen MR) is 84.9 cm³/mol. The van der Waals surface area contributed by atoms with Gasteiger partial charge in [0.25, 0.3) is 0 Å². The number of benzene rings is 1. The molecule has 2 amide bonds. The number of hydrogen-bond acceptors (Lipinski definition) is 2. The minimum atomic E-state index is -0.945. The zero-order valence-corrected chi connectivity index (χ0v) is 13.9.